The number of Topliss-reactive ketones (excluding diaryl/α,β-unsaturated/α-hetero) is 1. The van der Waals surface area contributed by atoms with Gasteiger partial charge in [0, 0.05) is 0 Å². The molecule has 21 heavy (non-hydrogen) atoms. The summed E-state index contributed by atoms with van der Waals surface area (Å²) in [6.07, 6.45) is 0.430. The zero-order chi connectivity index (χ0) is 15.7. The molecule has 0 saturated carbocycles. The van der Waals surface area contributed by atoms with Crippen molar-refractivity contribution in [2.24, 2.45) is 0 Å². The molecule has 0 fully saturated rings. The second kappa shape index (κ2) is 9.00. The molecule has 0 spiro atoms. The van der Waals surface area contributed by atoms with Gasteiger partial charge in [-0.15, -0.1) is 0 Å². The second-order valence-electron chi connectivity index (χ2n) is 4.34. The molecule has 0 bridgehead atoms. The van der Waals surface area contributed by atoms with Gasteiger partial charge in [-0.2, -0.15) is 0 Å². The maximum Gasteiger partial charge on any atom is 0.313 e. The molecule has 0 aliphatic heterocycles. The summed E-state index contributed by atoms with van der Waals surface area (Å²) < 4.78 is 15.7. The lowest BCUT2D eigenvalue weighted by Gasteiger charge is -2.11. The third-order valence-corrected chi connectivity index (χ3v) is 2.63. The van der Waals surface area contributed by atoms with E-state index < -0.39 is 5.97 Å². The van der Waals surface area contributed by atoms with E-state index in [2.05, 4.69) is 0 Å². The monoisotopic (exact) mass is 294 g/mol. The summed E-state index contributed by atoms with van der Waals surface area (Å²) in [7, 11) is 0. The fraction of sp³-hybridized carbons (Fsp3) is 0.500. The predicted molar refractivity (Wildman–Crippen MR) is 79.0 cm³/mol. The zero-order valence-electron chi connectivity index (χ0n) is 12.8. The number of ether oxygens (including phenoxy) is 3. The largest absolute Gasteiger partial charge is 0.494 e. The molecule has 0 unspecified atom stereocenters. The molecule has 116 valence electrons. The third kappa shape index (κ3) is 5.45. The van der Waals surface area contributed by atoms with Crippen LogP contribution in [0.2, 0.25) is 0 Å². The lowest BCUT2D eigenvalue weighted by molar-refractivity contribution is -0.142. The first-order valence-electron chi connectivity index (χ1n) is 7.20. The number of rotatable bonds is 9. The molecule has 5 nitrogen and oxygen atoms in total. The summed E-state index contributed by atoms with van der Waals surface area (Å²) >= 11 is 0. The summed E-state index contributed by atoms with van der Waals surface area (Å²) in [5, 5.41) is 0. The quantitative estimate of drug-likeness (QED) is 0.398. The molecule has 5 heteroatoms. The molecule has 1 aromatic rings. The normalized spacial score (nSPS) is 10.0. The van der Waals surface area contributed by atoms with Crippen molar-refractivity contribution in [3.63, 3.8) is 0 Å². The molecule has 1 rings (SSSR count). The highest BCUT2D eigenvalue weighted by atomic mass is 16.5. The van der Waals surface area contributed by atoms with Crippen molar-refractivity contribution in [3.8, 4) is 11.5 Å². The standard InChI is InChI=1S/C16H22O5/c1-4-9-21-16(18)11-14(17)13-10-12(19-5-2)7-8-15(13)20-6-3/h7-8,10H,4-6,9,11H2,1-3H3. The van der Waals surface area contributed by atoms with E-state index in [9.17, 15) is 9.59 Å². The van der Waals surface area contributed by atoms with Crippen LogP contribution in [0.15, 0.2) is 18.2 Å². The fourth-order valence-electron chi connectivity index (χ4n) is 1.76. The van der Waals surface area contributed by atoms with Crippen molar-refractivity contribution in [2.45, 2.75) is 33.6 Å². The topological polar surface area (TPSA) is 61.8 Å². The molecular formula is C16H22O5. The third-order valence-electron chi connectivity index (χ3n) is 2.63. The lowest BCUT2D eigenvalue weighted by atomic mass is 10.1. The highest BCUT2D eigenvalue weighted by Crippen LogP contribution is 2.26. The number of carbonyl (C=O) groups is 2. The van der Waals surface area contributed by atoms with Gasteiger partial charge in [0.2, 0.25) is 0 Å². The van der Waals surface area contributed by atoms with Crippen LogP contribution in [0.4, 0.5) is 0 Å². The Hall–Kier alpha value is -2.04. The SMILES string of the molecule is CCCOC(=O)CC(=O)c1cc(OCC)ccc1OCC. The minimum Gasteiger partial charge on any atom is -0.494 e. The highest BCUT2D eigenvalue weighted by molar-refractivity contribution is 6.07. The number of esters is 1. The molecule has 0 aromatic heterocycles. The Labute approximate surface area is 125 Å². The van der Waals surface area contributed by atoms with Crippen LogP contribution in [0, 0.1) is 0 Å². The Balaban J connectivity index is 2.88. The van der Waals surface area contributed by atoms with Crippen LogP contribution >= 0.6 is 0 Å². The van der Waals surface area contributed by atoms with E-state index in [-0.39, 0.29) is 12.2 Å². The van der Waals surface area contributed by atoms with Gasteiger partial charge in [0.15, 0.2) is 5.78 Å². The second-order valence-corrected chi connectivity index (χ2v) is 4.34. The minimum atomic E-state index is -0.522. The van der Waals surface area contributed by atoms with E-state index in [0.717, 1.165) is 6.42 Å². The molecule has 0 radical (unpaired) electrons. The van der Waals surface area contributed by atoms with Gasteiger partial charge in [0.1, 0.15) is 17.9 Å². The summed E-state index contributed by atoms with van der Waals surface area (Å²) in [4.78, 5) is 23.8. The van der Waals surface area contributed by atoms with Crippen molar-refractivity contribution in [2.75, 3.05) is 19.8 Å². The van der Waals surface area contributed by atoms with E-state index in [4.69, 9.17) is 14.2 Å². The van der Waals surface area contributed by atoms with Crippen LogP contribution in [0.3, 0.4) is 0 Å². The van der Waals surface area contributed by atoms with E-state index in [1.807, 2.05) is 20.8 Å². The molecule has 0 N–H and O–H groups in total. The van der Waals surface area contributed by atoms with Crippen LogP contribution in [0.25, 0.3) is 0 Å². The zero-order valence-corrected chi connectivity index (χ0v) is 12.8. The Kier molecular flexibility index (Phi) is 7.29. The Morgan fingerprint density at radius 1 is 1.05 bits per heavy atom. The number of carbonyl (C=O) groups excluding carboxylic acids is 2. The van der Waals surface area contributed by atoms with Gasteiger partial charge in [0.05, 0.1) is 25.4 Å². The maximum absolute atomic E-state index is 12.2. The smallest absolute Gasteiger partial charge is 0.313 e. The highest BCUT2D eigenvalue weighted by Gasteiger charge is 2.18. The molecule has 0 heterocycles. The van der Waals surface area contributed by atoms with Gasteiger partial charge in [-0.05, 0) is 38.5 Å². The molecule has 0 saturated heterocycles. The van der Waals surface area contributed by atoms with Gasteiger partial charge in [0.25, 0.3) is 0 Å². The van der Waals surface area contributed by atoms with Crippen LogP contribution in [-0.2, 0) is 9.53 Å². The van der Waals surface area contributed by atoms with Gasteiger partial charge in [-0.1, -0.05) is 6.92 Å². The molecule has 1 aromatic carbocycles. The van der Waals surface area contributed by atoms with E-state index in [1.54, 1.807) is 18.2 Å². The van der Waals surface area contributed by atoms with Crippen molar-refractivity contribution in [1.29, 1.82) is 0 Å². The first kappa shape index (κ1) is 17.0. The first-order chi connectivity index (χ1) is 10.1. The van der Waals surface area contributed by atoms with Crippen molar-refractivity contribution in [3.05, 3.63) is 23.8 Å². The molecule has 0 amide bonds. The van der Waals surface area contributed by atoms with E-state index in [0.29, 0.717) is 36.9 Å². The lowest BCUT2D eigenvalue weighted by Crippen LogP contribution is -2.13. The van der Waals surface area contributed by atoms with E-state index >= 15 is 0 Å². The van der Waals surface area contributed by atoms with Crippen molar-refractivity contribution < 1.29 is 23.8 Å². The Bertz CT molecular complexity index is 482. The summed E-state index contributed by atoms with van der Waals surface area (Å²) in [6, 6.07) is 5.02. The Morgan fingerprint density at radius 3 is 2.38 bits per heavy atom. The van der Waals surface area contributed by atoms with Crippen LogP contribution < -0.4 is 9.47 Å². The van der Waals surface area contributed by atoms with Crippen molar-refractivity contribution in [1.82, 2.24) is 0 Å². The first-order valence-corrected chi connectivity index (χ1v) is 7.20. The summed E-state index contributed by atoms with van der Waals surface area (Å²) in [5.41, 5.74) is 0.344. The van der Waals surface area contributed by atoms with Crippen LogP contribution in [0.1, 0.15) is 44.0 Å². The van der Waals surface area contributed by atoms with Gasteiger partial charge in [-0.3, -0.25) is 9.59 Å². The number of ketones is 1. The van der Waals surface area contributed by atoms with Crippen molar-refractivity contribution >= 4 is 11.8 Å². The average Bonchev–Trinajstić information content (AvgIpc) is 2.47. The van der Waals surface area contributed by atoms with Gasteiger partial charge in [-0.25, -0.2) is 0 Å². The fourth-order valence-corrected chi connectivity index (χ4v) is 1.76. The van der Waals surface area contributed by atoms with Gasteiger partial charge < -0.3 is 14.2 Å². The minimum absolute atomic E-state index is 0.296. The molecule has 0 aliphatic carbocycles. The van der Waals surface area contributed by atoms with Crippen LogP contribution in [-0.4, -0.2) is 31.6 Å². The molecular weight excluding hydrogens is 272 g/mol. The number of hydrogen-bond donors (Lipinski definition) is 0. The number of hydrogen-bond acceptors (Lipinski definition) is 5. The van der Waals surface area contributed by atoms with Gasteiger partial charge >= 0.3 is 5.97 Å². The molecule has 0 aliphatic rings. The summed E-state index contributed by atoms with van der Waals surface area (Å²) in [5.74, 6) is 0.174. The predicted octanol–water partition coefficient (Wildman–Crippen LogP) is 3.01. The Morgan fingerprint density at radius 2 is 1.76 bits per heavy atom. The average molecular weight is 294 g/mol. The maximum atomic E-state index is 12.2. The number of benzene rings is 1. The van der Waals surface area contributed by atoms with Crippen LogP contribution in [0.5, 0.6) is 11.5 Å². The molecule has 0 atom stereocenters. The van der Waals surface area contributed by atoms with E-state index in [1.165, 1.54) is 0 Å². The summed E-state index contributed by atoms with van der Waals surface area (Å²) in [6.45, 7) is 6.85.